The zero-order valence-electron chi connectivity index (χ0n) is 53.5. The number of rotatable bonds is 22. The van der Waals surface area contributed by atoms with Crippen LogP contribution in [0.4, 0.5) is 57.1 Å². The van der Waals surface area contributed by atoms with E-state index in [2.05, 4.69) is 76.3 Å². The van der Waals surface area contributed by atoms with E-state index in [1.807, 2.05) is 40.0 Å². The molecule has 14 nitrogen and oxygen atoms in total. The van der Waals surface area contributed by atoms with Crippen LogP contribution in [0.1, 0.15) is 121 Å². The molecule has 8 aromatic rings. The van der Waals surface area contributed by atoms with Crippen molar-refractivity contribution in [1.82, 2.24) is 60.4 Å². The third-order valence-corrected chi connectivity index (χ3v) is 15.0. The molecule has 0 aliphatic carbocycles. The molecule has 0 atom stereocenters. The second kappa shape index (κ2) is 33.9. The summed E-state index contributed by atoms with van der Waals surface area (Å²) in [5, 5.41) is 35.9. The molecule has 28 heteroatoms. The van der Waals surface area contributed by atoms with Gasteiger partial charge in [0.15, 0.2) is 0 Å². The zero-order valence-corrected chi connectivity index (χ0v) is 54.3. The van der Waals surface area contributed by atoms with Crippen LogP contribution >= 0.6 is 11.6 Å². The van der Waals surface area contributed by atoms with E-state index < -0.39 is 52.8 Å². The van der Waals surface area contributed by atoms with Crippen molar-refractivity contribution in [3.05, 3.63) is 157 Å². The van der Waals surface area contributed by atoms with Crippen LogP contribution in [0, 0.1) is 31.0 Å². The quantitative estimate of drug-likeness (QED) is 0.0481. The Morgan fingerprint density at radius 2 is 0.849 bits per heavy atom. The van der Waals surface area contributed by atoms with Crippen LogP contribution < -0.4 is 4.74 Å². The molecule has 0 aliphatic rings. The van der Waals surface area contributed by atoms with Gasteiger partial charge in [-0.05, 0) is 160 Å². The highest BCUT2D eigenvalue weighted by molar-refractivity contribution is 6.31. The number of nitriles is 1. The van der Waals surface area contributed by atoms with E-state index in [9.17, 15) is 57.1 Å². The van der Waals surface area contributed by atoms with Crippen molar-refractivity contribution in [2.24, 2.45) is 0 Å². The molecule has 4 N–H and O–H groups in total. The molecule has 4 aromatic heterocycles. The largest absolute Gasteiger partial charge is 0.496 e. The number of aryl methyl sites for hydroxylation is 2. The standard InChI is InChI=1S/C17H22F3N3.C16H19ClF3N3.C16H16F4N4.C16H20F3N3O/c1-4-5-8-23(3)11-13-10-21-22-16(13)15-9-14(17(18,19)20)7-6-12(15)2;1-4-5-23(3)9-11-8-21-22-15(11)12-7-13(16(18,19)20)14(17)6-10(12)2;1-3-4-24(2)9-11-8-22-23-15(11)12-6-13(16(18,19)20)14(17)5-10(12)7-21;1-4-7-22(2)10-11-9-20-21-15(11)13-8-12(16(17,18)19)5-6-14(13)23-3/h6-7,9-10H,4-5,8,11H2,1-3H3,(H,21,22);6-8H,4-5,9H2,1-3H3,(H,21,22);5-6,8H,3-4,9H2,1-2H3,(H,22,23);5-6,8-9H,4,7,10H2,1-3H3,(H,20,21). The summed E-state index contributed by atoms with van der Waals surface area (Å²) in [6, 6.07) is 12.7. The molecule has 0 saturated carbocycles. The maximum atomic E-state index is 13.7. The molecular weight excluding hydrogens is 1260 g/mol. The summed E-state index contributed by atoms with van der Waals surface area (Å²) in [6.07, 6.45) is -6.48. The van der Waals surface area contributed by atoms with Gasteiger partial charge in [0.25, 0.3) is 0 Å². The lowest BCUT2D eigenvalue weighted by molar-refractivity contribution is -0.140. The number of methoxy groups -OCH3 is 1. The fourth-order valence-corrected chi connectivity index (χ4v) is 10.4. The minimum Gasteiger partial charge on any atom is -0.496 e. The number of benzene rings is 4. The Morgan fingerprint density at radius 1 is 0.473 bits per heavy atom. The van der Waals surface area contributed by atoms with Crippen LogP contribution in [-0.2, 0) is 50.9 Å². The Balaban J connectivity index is 0.000000225. The minimum atomic E-state index is -4.84. The Bertz CT molecular complexity index is 3690. The molecule has 0 amide bonds. The van der Waals surface area contributed by atoms with Gasteiger partial charge < -0.3 is 24.3 Å². The summed E-state index contributed by atoms with van der Waals surface area (Å²) in [5.41, 5.74) is 4.43. The summed E-state index contributed by atoms with van der Waals surface area (Å²) in [6.45, 7) is 17.7. The highest BCUT2D eigenvalue weighted by Gasteiger charge is 2.37. The van der Waals surface area contributed by atoms with Crippen molar-refractivity contribution in [2.75, 3.05) is 61.5 Å². The van der Waals surface area contributed by atoms with Gasteiger partial charge >= 0.3 is 24.7 Å². The first kappa shape index (κ1) is 75.9. The highest BCUT2D eigenvalue weighted by Crippen LogP contribution is 2.42. The maximum absolute atomic E-state index is 13.7. The average Bonchev–Trinajstić information content (AvgIpc) is 1.54. The predicted octanol–water partition coefficient (Wildman–Crippen LogP) is 17.4. The lowest BCUT2D eigenvalue weighted by atomic mass is 9.98. The van der Waals surface area contributed by atoms with Gasteiger partial charge in [-0.1, -0.05) is 51.8 Å². The number of hydrogen-bond donors (Lipinski definition) is 4. The van der Waals surface area contributed by atoms with Crippen LogP contribution in [0.15, 0.2) is 85.5 Å². The lowest BCUT2D eigenvalue weighted by Gasteiger charge is -2.17. The zero-order chi connectivity index (χ0) is 69.2. The van der Waals surface area contributed by atoms with E-state index >= 15 is 0 Å². The summed E-state index contributed by atoms with van der Waals surface area (Å²) in [4.78, 5) is 8.33. The van der Waals surface area contributed by atoms with Crippen LogP contribution in [-0.4, -0.2) is 122 Å². The first-order valence-corrected chi connectivity index (χ1v) is 30.0. The van der Waals surface area contributed by atoms with Gasteiger partial charge in [0.1, 0.15) is 11.6 Å². The Morgan fingerprint density at radius 3 is 1.24 bits per heavy atom. The van der Waals surface area contributed by atoms with Crippen LogP contribution in [0.3, 0.4) is 0 Å². The molecule has 8 rings (SSSR count). The Hall–Kier alpha value is -7.77. The number of aromatic nitrogens is 8. The maximum Gasteiger partial charge on any atom is 0.419 e. The smallest absolute Gasteiger partial charge is 0.419 e. The molecule has 0 saturated heterocycles. The molecule has 4 aromatic carbocycles. The monoisotopic (exact) mass is 1340 g/mol. The number of alkyl halides is 12. The molecule has 0 fully saturated rings. The first-order valence-electron chi connectivity index (χ1n) is 29.7. The molecule has 0 aliphatic heterocycles. The molecule has 4 heterocycles. The summed E-state index contributed by atoms with van der Waals surface area (Å²) < 4.78 is 175. The van der Waals surface area contributed by atoms with E-state index in [4.69, 9.17) is 21.6 Å². The Kier molecular flexibility index (Phi) is 27.7. The van der Waals surface area contributed by atoms with E-state index in [0.717, 1.165) is 105 Å². The topological polar surface area (TPSA) is 161 Å². The van der Waals surface area contributed by atoms with Crippen LogP contribution in [0.5, 0.6) is 5.75 Å². The van der Waals surface area contributed by atoms with Gasteiger partial charge in [-0.25, -0.2) is 4.39 Å². The second-order valence-electron chi connectivity index (χ2n) is 22.5. The third kappa shape index (κ3) is 21.4. The van der Waals surface area contributed by atoms with Crippen molar-refractivity contribution in [1.29, 1.82) is 5.26 Å². The number of aromatic amines is 4. The number of ether oxygens (including phenoxy) is 1. The summed E-state index contributed by atoms with van der Waals surface area (Å²) in [5.74, 6) is -1.09. The van der Waals surface area contributed by atoms with Gasteiger partial charge in [-0.3, -0.25) is 20.4 Å². The van der Waals surface area contributed by atoms with Crippen molar-refractivity contribution in [2.45, 2.75) is 125 Å². The van der Waals surface area contributed by atoms with Crippen molar-refractivity contribution >= 4 is 11.6 Å². The highest BCUT2D eigenvalue weighted by atomic mass is 35.5. The van der Waals surface area contributed by atoms with Crippen LogP contribution in [0.25, 0.3) is 45.0 Å². The van der Waals surface area contributed by atoms with Gasteiger partial charge in [-0.15, -0.1) is 0 Å². The molecular formula is C65H77ClF13N13O. The SMILES string of the molecule is CCCCN(C)Cc1cn[nH]c1-c1cc(C(F)(F)F)ccc1C.CCCN(C)Cc1cn[nH]c1-c1cc(C(F)(F)F)c(Cl)cc1C.CCCN(C)Cc1cn[nH]c1-c1cc(C(F)(F)F)c(F)cc1C#N.CCCN(C)Cc1cn[nH]c1-c1cc(C(F)(F)F)ccc1OC. The van der Waals surface area contributed by atoms with Gasteiger partial charge in [0.2, 0.25) is 0 Å². The summed E-state index contributed by atoms with van der Waals surface area (Å²) in [7, 11) is 9.24. The molecule has 0 spiro atoms. The average molecular weight is 1340 g/mol. The third-order valence-electron chi connectivity index (χ3n) is 14.7. The molecule has 506 valence electrons. The van der Waals surface area contributed by atoms with E-state index in [-0.39, 0.29) is 16.1 Å². The molecule has 0 radical (unpaired) electrons. The van der Waals surface area contributed by atoms with Crippen molar-refractivity contribution in [3.8, 4) is 56.8 Å². The van der Waals surface area contributed by atoms with Gasteiger partial charge in [-0.2, -0.15) is 78.3 Å². The second-order valence-corrected chi connectivity index (χ2v) is 22.9. The van der Waals surface area contributed by atoms with E-state index in [1.54, 1.807) is 38.5 Å². The molecule has 93 heavy (non-hydrogen) atoms. The van der Waals surface area contributed by atoms with Gasteiger partial charge in [0.05, 0.1) is 93.6 Å². The van der Waals surface area contributed by atoms with E-state index in [1.165, 1.54) is 37.6 Å². The summed E-state index contributed by atoms with van der Waals surface area (Å²) >= 11 is 5.76. The van der Waals surface area contributed by atoms with Crippen molar-refractivity contribution < 1.29 is 61.8 Å². The number of unbranched alkanes of at least 4 members (excludes halogenated alkanes) is 1. The van der Waals surface area contributed by atoms with E-state index in [0.29, 0.717) is 94.7 Å². The molecule has 0 bridgehead atoms. The fourth-order valence-electron chi connectivity index (χ4n) is 10.1. The predicted molar refractivity (Wildman–Crippen MR) is 333 cm³/mol. The first-order chi connectivity index (χ1) is 43.7. The van der Waals surface area contributed by atoms with Crippen molar-refractivity contribution in [3.63, 3.8) is 0 Å². The van der Waals surface area contributed by atoms with Gasteiger partial charge in [0, 0.05) is 70.7 Å². The number of nitrogens with one attached hydrogen (secondary N) is 4. The number of hydrogen-bond acceptors (Lipinski definition) is 10. The number of halogens is 14. The number of H-pyrrole nitrogens is 4. The lowest BCUT2D eigenvalue weighted by Crippen LogP contribution is -2.19. The Labute approximate surface area is 537 Å². The fraction of sp³-hybridized carbons (Fsp3) is 0.431. The molecule has 0 unspecified atom stereocenters. The van der Waals surface area contributed by atoms with Crippen LogP contribution in [0.2, 0.25) is 5.02 Å². The number of nitrogens with zero attached hydrogens (tertiary/aromatic N) is 9. The minimum absolute atomic E-state index is 0.0105. The normalized spacial score (nSPS) is 12.0.